The summed E-state index contributed by atoms with van der Waals surface area (Å²) < 4.78 is 12.8. The lowest BCUT2D eigenvalue weighted by atomic mass is 10.1. The standard InChI is InChI=1S/C26H25NO4S/c1-2-27-15-6-16-30-20-10-12-21(13-11-20)31-25-22-14-9-19(28)17-23(22)32-26(25)24(29)18-7-4-3-5-8-18/h3-5,7-14,17,27-28H,2,6,15-16H2,1H3. The van der Waals surface area contributed by atoms with E-state index in [0.29, 0.717) is 28.5 Å². The second kappa shape index (κ2) is 10.3. The van der Waals surface area contributed by atoms with Crippen molar-refractivity contribution >= 4 is 27.2 Å². The van der Waals surface area contributed by atoms with Gasteiger partial charge in [-0.2, -0.15) is 0 Å². The Kier molecular flexibility index (Phi) is 7.04. The minimum absolute atomic E-state index is 0.109. The molecular weight excluding hydrogens is 422 g/mol. The van der Waals surface area contributed by atoms with Crippen LogP contribution in [0.25, 0.3) is 10.1 Å². The summed E-state index contributed by atoms with van der Waals surface area (Å²) in [6.45, 7) is 4.60. The highest BCUT2D eigenvalue weighted by Crippen LogP contribution is 2.42. The van der Waals surface area contributed by atoms with Crippen molar-refractivity contribution in [3.05, 3.63) is 83.2 Å². The van der Waals surface area contributed by atoms with Gasteiger partial charge in [0.15, 0.2) is 5.75 Å². The molecule has 0 saturated heterocycles. The highest BCUT2D eigenvalue weighted by atomic mass is 32.1. The molecule has 0 fully saturated rings. The number of benzene rings is 3. The second-order valence-corrected chi connectivity index (χ2v) is 8.32. The number of carbonyl (C=O) groups is 1. The Morgan fingerprint density at radius 2 is 1.75 bits per heavy atom. The van der Waals surface area contributed by atoms with Crippen molar-refractivity contribution in [2.75, 3.05) is 19.7 Å². The molecule has 1 heterocycles. The van der Waals surface area contributed by atoms with Crippen LogP contribution in [0.4, 0.5) is 0 Å². The van der Waals surface area contributed by atoms with E-state index < -0.39 is 0 Å². The Labute approximate surface area is 191 Å². The molecular formula is C26H25NO4S. The van der Waals surface area contributed by atoms with Crippen molar-refractivity contribution in [3.8, 4) is 23.0 Å². The summed E-state index contributed by atoms with van der Waals surface area (Å²) in [5.74, 6) is 1.93. The van der Waals surface area contributed by atoms with Gasteiger partial charge in [0, 0.05) is 15.6 Å². The molecule has 0 amide bonds. The van der Waals surface area contributed by atoms with E-state index in [2.05, 4.69) is 12.2 Å². The predicted octanol–water partition coefficient (Wildman–Crippen LogP) is 6.01. The minimum Gasteiger partial charge on any atom is -0.508 e. The van der Waals surface area contributed by atoms with Gasteiger partial charge < -0.3 is 19.9 Å². The van der Waals surface area contributed by atoms with Crippen molar-refractivity contribution < 1.29 is 19.4 Å². The molecule has 0 spiro atoms. The first kappa shape index (κ1) is 21.9. The highest BCUT2D eigenvalue weighted by Gasteiger charge is 2.22. The van der Waals surface area contributed by atoms with E-state index in [1.807, 2.05) is 42.5 Å². The zero-order valence-corrected chi connectivity index (χ0v) is 18.7. The average Bonchev–Trinajstić information content (AvgIpc) is 3.17. The van der Waals surface area contributed by atoms with Crippen LogP contribution in [-0.4, -0.2) is 30.6 Å². The van der Waals surface area contributed by atoms with E-state index in [1.165, 1.54) is 11.3 Å². The van der Waals surface area contributed by atoms with Gasteiger partial charge in [0.25, 0.3) is 0 Å². The van der Waals surface area contributed by atoms with Crippen LogP contribution >= 0.6 is 11.3 Å². The summed E-state index contributed by atoms with van der Waals surface area (Å²) in [5.41, 5.74) is 0.592. The Morgan fingerprint density at radius 3 is 2.50 bits per heavy atom. The molecule has 5 nitrogen and oxygen atoms in total. The van der Waals surface area contributed by atoms with Gasteiger partial charge in [-0.05, 0) is 62.0 Å². The molecule has 4 rings (SSSR count). The Hall–Kier alpha value is -3.35. The molecule has 0 bridgehead atoms. The van der Waals surface area contributed by atoms with Crippen molar-refractivity contribution in [1.29, 1.82) is 0 Å². The van der Waals surface area contributed by atoms with Gasteiger partial charge in [0.1, 0.15) is 22.1 Å². The van der Waals surface area contributed by atoms with Crippen molar-refractivity contribution in [2.45, 2.75) is 13.3 Å². The van der Waals surface area contributed by atoms with Gasteiger partial charge >= 0.3 is 0 Å². The Balaban J connectivity index is 1.57. The second-order valence-electron chi connectivity index (χ2n) is 7.26. The molecule has 0 atom stereocenters. The van der Waals surface area contributed by atoms with Crippen LogP contribution < -0.4 is 14.8 Å². The maximum atomic E-state index is 13.2. The normalized spacial score (nSPS) is 10.9. The fourth-order valence-electron chi connectivity index (χ4n) is 3.32. The smallest absolute Gasteiger partial charge is 0.206 e. The molecule has 3 aromatic carbocycles. The van der Waals surface area contributed by atoms with Gasteiger partial charge in [-0.3, -0.25) is 4.79 Å². The zero-order chi connectivity index (χ0) is 22.3. The van der Waals surface area contributed by atoms with Gasteiger partial charge in [-0.15, -0.1) is 11.3 Å². The third-order valence-corrected chi connectivity index (χ3v) is 6.06. The maximum absolute atomic E-state index is 13.2. The Bertz CT molecular complexity index is 1190. The first-order valence-corrected chi connectivity index (χ1v) is 11.4. The molecule has 2 N–H and O–H groups in total. The maximum Gasteiger partial charge on any atom is 0.206 e. The number of ether oxygens (including phenoxy) is 2. The number of phenolic OH excluding ortho intramolecular Hbond substituents is 1. The third-order valence-electron chi connectivity index (χ3n) is 4.93. The molecule has 0 saturated carbocycles. The summed E-state index contributed by atoms with van der Waals surface area (Å²) in [6.07, 6.45) is 0.935. The first-order valence-electron chi connectivity index (χ1n) is 10.6. The van der Waals surface area contributed by atoms with E-state index in [1.54, 1.807) is 30.3 Å². The largest absolute Gasteiger partial charge is 0.508 e. The van der Waals surface area contributed by atoms with Gasteiger partial charge in [0.05, 0.1) is 6.61 Å². The molecule has 0 unspecified atom stereocenters. The minimum atomic E-state index is -0.109. The topological polar surface area (TPSA) is 67.8 Å². The number of nitrogens with one attached hydrogen (secondary N) is 1. The number of aromatic hydroxyl groups is 1. The molecule has 0 aliphatic rings. The van der Waals surface area contributed by atoms with E-state index in [-0.39, 0.29) is 11.5 Å². The molecule has 0 aliphatic heterocycles. The highest BCUT2D eigenvalue weighted by molar-refractivity contribution is 7.21. The molecule has 0 radical (unpaired) electrons. The van der Waals surface area contributed by atoms with Gasteiger partial charge in [-0.1, -0.05) is 37.3 Å². The van der Waals surface area contributed by atoms with Crippen molar-refractivity contribution in [2.24, 2.45) is 0 Å². The van der Waals surface area contributed by atoms with Crippen LogP contribution in [0.1, 0.15) is 28.6 Å². The predicted molar refractivity (Wildman–Crippen MR) is 129 cm³/mol. The molecule has 1 aromatic heterocycles. The lowest BCUT2D eigenvalue weighted by Gasteiger charge is -2.10. The quantitative estimate of drug-likeness (QED) is 0.230. The number of carbonyl (C=O) groups excluding carboxylic acids is 1. The zero-order valence-electron chi connectivity index (χ0n) is 17.8. The van der Waals surface area contributed by atoms with Crippen LogP contribution in [0.5, 0.6) is 23.0 Å². The lowest BCUT2D eigenvalue weighted by molar-refractivity contribution is 0.104. The summed E-state index contributed by atoms with van der Waals surface area (Å²) in [4.78, 5) is 13.7. The Morgan fingerprint density at radius 1 is 1.00 bits per heavy atom. The van der Waals surface area contributed by atoms with E-state index >= 15 is 0 Å². The number of phenols is 1. The summed E-state index contributed by atoms with van der Waals surface area (Å²) in [5, 5.41) is 13.9. The number of thiophene rings is 1. The number of fused-ring (bicyclic) bond motifs is 1. The van der Waals surface area contributed by atoms with E-state index in [0.717, 1.165) is 35.3 Å². The number of hydrogen-bond acceptors (Lipinski definition) is 6. The monoisotopic (exact) mass is 447 g/mol. The fourth-order valence-corrected chi connectivity index (χ4v) is 4.44. The number of ketones is 1. The van der Waals surface area contributed by atoms with Crippen LogP contribution in [0.3, 0.4) is 0 Å². The van der Waals surface area contributed by atoms with Gasteiger partial charge in [-0.25, -0.2) is 0 Å². The third kappa shape index (κ3) is 5.10. The van der Waals surface area contributed by atoms with Crippen LogP contribution in [0.2, 0.25) is 0 Å². The number of hydrogen-bond donors (Lipinski definition) is 2. The fraction of sp³-hybridized carbons (Fsp3) is 0.192. The molecule has 0 aliphatic carbocycles. The van der Waals surface area contributed by atoms with Crippen LogP contribution in [-0.2, 0) is 0 Å². The summed E-state index contributed by atoms with van der Waals surface area (Å²) in [7, 11) is 0. The molecule has 6 heteroatoms. The number of rotatable bonds is 10. The summed E-state index contributed by atoms with van der Waals surface area (Å²) in [6, 6.07) is 21.5. The van der Waals surface area contributed by atoms with E-state index in [4.69, 9.17) is 9.47 Å². The first-order chi connectivity index (χ1) is 15.7. The van der Waals surface area contributed by atoms with Crippen molar-refractivity contribution in [3.63, 3.8) is 0 Å². The molecule has 4 aromatic rings. The molecule has 32 heavy (non-hydrogen) atoms. The molecule has 164 valence electrons. The SMILES string of the molecule is CCNCCCOc1ccc(Oc2c(C(=O)c3ccccc3)sc3cc(O)ccc23)cc1. The summed E-state index contributed by atoms with van der Waals surface area (Å²) >= 11 is 1.32. The van der Waals surface area contributed by atoms with Crippen LogP contribution in [0, 0.1) is 0 Å². The average molecular weight is 448 g/mol. The lowest BCUT2D eigenvalue weighted by Crippen LogP contribution is -2.16. The van der Waals surface area contributed by atoms with Crippen LogP contribution in [0.15, 0.2) is 72.8 Å². The van der Waals surface area contributed by atoms with Crippen molar-refractivity contribution in [1.82, 2.24) is 5.32 Å². The van der Waals surface area contributed by atoms with E-state index in [9.17, 15) is 9.90 Å². The van der Waals surface area contributed by atoms with Gasteiger partial charge in [0.2, 0.25) is 5.78 Å².